The van der Waals surface area contributed by atoms with E-state index in [1.807, 2.05) is 32.0 Å². The van der Waals surface area contributed by atoms with E-state index in [4.69, 9.17) is 0 Å². The average molecular weight is 265 g/mol. The number of aryl methyl sites for hydroxylation is 2. The first-order chi connectivity index (χ1) is 8.54. The van der Waals surface area contributed by atoms with Crippen molar-refractivity contribution in [3.05, 3.63) is 41.9 Å². The van der Waals surface area contributed by atoms with Gasteiger partial charge in [-0.2, -0.15) is 8.42 Å². The monoisotopic (exact) mass is 265 g/mol. The molecule has 0 radical (unpaired) electrons. The van der Waals surface area contributed by atoms with Crippen molar-refractivity contribution >= 4 is 15.7 Å². The van der Waals surface area contributed by atoms with Crippen LogP contribution in [0.15, 0.2) is 35.7 Å². The van der Waals surface area contributed by atoms with Crippen LogP contribution in [-0.2, 0) is 16.4 Å². The van der Waals surface area contributed by atoms with E-state index in [-0.39, 0.29) is 5.03 Å². The molecule has 0 amide bonds. The summed E-state index contributed by atoms with van der Waals surface area (Å²) in [7, 11) is -3.59. The number of benzene rings is 1. The molecular weight excluding hydrogens is 250 g/mol. The highest BCUT2D eigenvalue weighted by Gasteiger charge is 2.17. The number of H-pyrrole nitrogens is 1. The fraction of sp³-hybridized carbons (Fsp3) is 0.250. The maximum absolute atomic E-state index is 12.1. The number of hydrogen-bond donors (Lipinski definition) is 2. The van der Waals surface area contributed by atoms with Gasteiger partial charge in [0.1, 0.15) is 0 Å². The van der Waals surface area contributed by atoms with Crippen molar-refractivity contribution in [3.63, 3.8) is 0 Å². The second-order valence-corrected chi connectivity index (χ2v) is 5.63. The molecule has 0 aliphatic carbocycles. The Morgan fingerprint density at radius 3 is 2.78 bits per heavy atom. The molecule has 2 aromatic rings. The summed E-state index contributed by atoms with van der Waals surface area (Å²) in [6, 6.07) is 5.71. The van der Waals surface area contributed by atoms with Crippen LogP contribution in [0.1, 0.15) is 18.1 Å². The molecule has 1 aromatic carbocycles. The molecule has 0 saturated heterocycles. The van der Waals surface area contributed by atoms with E-state index in [0.717, 1.165) is 17.5 Å². The molecule has 6 heteroatoms. The van der Waals surface area contributed by atoms with E-state index in [1.165, 1.54) is 12.5 Å². The van der Waals surface area contributed by atoms with E-state index in [9.17, 15) is 8.42 Å². The van der Waals surface area contributed by atoms with Gasteiger partial charge in [-0.05, 0) is 24.5 Å². The van der Waals surface area contributed by atoms with Crippen LogP contribution in [0.4, 0.5) is 5.69 Å². The molecule has 0 bridgehead atoms. The van der Waals surface area contributed by atoms with E-state index in [2.05, 4.69) is 14.7 Å². The number of hydrogen-bond acceptors (Lipinski definition) is 3. The number of anilines is 1. The summed E-state index contributed by atoms with van der Waals surface area (Å²) >= 11 is 0. The topological polar surface area (TPSA) is 74.8 Å². The second-order valence-electron chi connectivity index (χ2n) is 3.98. The molecule has 5 nitrogen and oxygen atoms in total. The van der Waals surface area contributed by atoms with Gasteiger partial charge in [0.05, 0.1) is 18.2 Å². The summed E-state index contributed by atoms with van der Waals surface area (Å²) < 4.78 is 26.8. The van der Waals surface area contributed by atoms with Gasteiger partial charge in [0.2, 0.25) is 0 Å². The highest BCUT2D eigenvalue weighted by Crippen LogP contribution is 2.23. The molecular formula is C12H15N3O2S. The molecule has 18 heavy (non-hydrogen) atoms. The minimum absolute atomic E-state index is 0.0628. The fourth-order valence-electron chi connectivity index (χ4n) is 1.75. The van der Waals surface area contributed by atoms with Gasteiger partial charge in [-0.15, -0.1) is 0 Å². The zero-order valence-corrected chi connectivity index (χ0v) is 11.1. The maximum Gasteiger partial charge on any atom is 0.278 e. The highest BCUT2D eigenvalue weighted by atomic mass is 32.2. The van der Waals surface area contributed by atoms with Crippen molar-refractivity contribution < 1.29 is 8.42 Å². The lowest BCUT2D eigenvalue weighted by atomic mass is 10.1. The Balaban J connectivity index is 2.41. The number of nitrogens with one attached hydrogen (secondary N) is 2. The fourth-order valence-corrected chi connectivity index (χ4v) is 2.83. The van der Waals surface area contributed by atoms with Gasteiger partial charge in [-0.1, -0.05) is 25.1 Å². The standard InChI is InChI=1S/C12H15N3O2S/c1-3-10-6-4-5-9(2)12(10)15-18(16,17)11-7-13-8-14-11/h4-8,15H,3H2,1-2H3,(H,13,14). The maximum atomic E-state index is 12.1. The molecule has 96 valence electrons. The van der Waals surface area contributed by atoms with E-state index in [0.29, 0.717) is 5.69 Å². The molecule has 0 aliphatic heterocycles. The lowest BCUT2D eigenvalue weighted by Gasteiger charge is -2.13. The zero-order valence-electron chi connectivity index (χ0n) is 10.3. The predicted molar refractivity (Wildman–Crippen MR) is 70.0 cm³/mol. The van der Waals surface area contributed by atoms with Crippen molar-refractivity contribution in [1.82, 2.24) is 9.97 Å². The number of aromatic amines is 1. The Bertz CT molecular complexity index is 633. The largest absolute Gasteiger partial charge is 0.334 e. The molecule has 0 unspecified atom stereocenters. The van der Waals surface area contributed by atoms with Gasteiger partial charge in [-0.3, -0.25) is 4.72 Å². The van der Waals surface area contributed by atoms with Crippen molar-refractivity contribution in [1.29, 1.82) is 0 Å². The molecule has 0 aliphatic rings. The third-order valence-electron chi connectivity index (χ3n) is 2.74. The van der Waals surface area contributed by atoms with Crippen LogP contribution in [0.3, 0.4) is 0 Å². The van der Waals surface area contributed by atoms with Crippen molar-refractivity contribution in [2.24, 2.45) is 0 Å². The SMILES string of the molecule is CCc1cccc(C)c1NS(=O)(=O)c1cnc[nH]1. The molecule has 0 atom stereocenters. The first kappa shape index (κ1) is 12.6. The van der Waals surface area contributed by atoms with Crippen molar-refractivity contribution in [2.45, 2.75) is 25.3 Å². The lowest BCUT2D eigenvalue weighted by molar-refractivity contribution is 0.598. The Hall–Kier alpha value is -1.82. The number of sulfonamides is 1. The minimum Gasteiger partial charge on any atom is -0.334 e. The van der Waals surface area contributed by atoms with Crippen LogP contribution in [0.25, 0.3) is 0 Å². The smallest absolute Gasteiger partial charge is 0.278 e. The molecule has 1 heterocycles. The Morgan fingerprint density at radius 2 is 2.17 bits per heavy atom. The van der Waals surface area contributed by atoms with Crippen molar-refractivity contribution in [2.75, 3.05) is 4.72 Å². The normalized spacial score (nSPS) is 11.4. The van der Waals surface area contributed by atoms with Crippen LogP contribution >= 0.6 is 0 Å². The van der Waals surface area contributed by atoms with Gasteiger partial charge in [0, 0.05) is 0 Å². The van der Waals surface area contributed by atoms with Crippen LogP contribution in [0.2, 0.25) is 0 Å². The Labute approximate surface area is 106 Å². The van der Waals surface area contributed by atoms with Gasteiger partial charge < -0.3 is 4.98 Å². The van der Waals surface area contributed by atoms with E-state index < -0.39 is 10.0 Å². The third kappa shape index (κ3) is 2.38. The van der Waals surface area contributed by atoms with Gasteiger partial charge >= 0.3 is 0 Å². The Morgan fingerprint density at radius 1 is 1.39 bits per heavy atom. The third-order valence-corrected chi connectivity index (χ3v) is 4.01. The van der Waals surface area contributed by atoms with Gasteiger partial charge in [0.15, 0.2) is 5.03 Å². The molecule has 0 spiro atoms. The summed E-state index contributed by atoms with van der Waals surface area (Å²) in [4.78, 5) is 6.31. The van der Waals surface area contributed by atoms with Gasteiger partial charge in [0.25, 0.3) is 10.0 Å². The molecule has 2 N–H and O–H groups in total. The molecule has 0 saturated carbocycles. The molecule has 1 aromatic heterocycles. The van der Waals surface area contributed by atoms with E-state index in [1.54, 1.807) is 0 Å². The predicted octanol–water partition coefficient (Wildman–Crippen LogP) is 2.08. The average Bonchev–Trinajstić information content (AvgIpc) is 2.86. The van der Waals surface area contributed by atoms with E-state index >= 15 is 0 Å². The first-order valence-electron chi connectivity index (χ1n) is 5.64. The first-order valence-corrected chi connectivity index (χ1v) is 7.12. The summed E-state index contributed by atoms with van der Waals surface area (Å²) in [6.45, 7) is 3.87. The number of imidazole rings is 1. The van der Waals surface area contributed by atoms with Crippen LogP contribution in [-0.4, -0.2) is 18.4 Å². The second kappa shape index (κ2) is 4.81. The summed E-state index contributed by atoms with van der Waals surface area (Å²) in [5.74, 6) is 0. The molecule has 0 fully saturated rings. The summed E-state index contributed by atoms with van der Waals surface area (Å²) in [5.41, 5.74) is 2.52. The summed E-state index contributed by atoms with van der Waals surface area (Å²) in [5, 5.41) is 0.0628. The van der Waals surface area contributed by atoms with Crippen LogP contribution in [0, 0.1) is 6.92 Å². The quantitative estimate of drug-likeness (QED) is 0.888. The lowest BCUT2D eigenvalue weighted by Crippen LogP contribution is -2.15. The minimum atomic E-state index is -3.59. The number of aromatic nitrogens is 2. The highest BCUT2D eigenvalue weighted by molar-refractivity contribution is 7.92. The number of rotatable bonds is 4. The number of para-hydroxylation sites is 1. The Kier molecular flexibility index (Phi) is 3.38. The molecule has 2 rings (SSSR count). The summed E-state index contributed by atoms with van der Waals surface area (Å²) in [6.07, 6.45) is 3.39. The zero-order chi connectivity index (χ0) is 13.2. The number of nitrogens with zero attached hydrogens (tertiary/aromatic N) is 1. The van der Waals surface area contributed by atoms with Crippen LogP contribution < -0.4 is 4.72 Å². The van der Waals surface area contributed by atoms with Gasteiger partial charge in [-0.25, -0.2) is 4.98 Å². The van der Waals surface area contributed by atoms with Crippen LogP contribution in [0.5, 0.6) is 0 Å². The van der Waals surface area contributed by atoms with Crippen molar-refractivity contribution in [3.8, 4) is 0 Å².